The molecule has 0 radical (unpaired) electrons. The van der Waals surface area contributed by atoms with Crippen LogP contribution in [-0.2, 0) is 17.9 Å². The molecule has 5 rings (SSSR count). The van der Waals surface area contributed by atoms with E-state index in [-0.39, 0.29) is 24.8 Å². The third kappa shape index (κ3) is 4.55. The van der Waals surface area contributed by atoms with Crippen LogP contribution in [-0.4, -0.2) is 40.2 Å². The minimum Gasteiger partial charge on any atom is -0.478 e. The normalized spacial score (nSPS) is 16.5. The van der Waals surface area contributed by atoms with Crippen molar-refractivity contribution in [3.63, 3.8) is 0 Å². The Bertz CT molecular complexity index is 1250. The third-order valence-corrected chi connectivity index (χ3v) is 5.03. The van der Waals surface area contributed by atoms with Gasteiger partial charge in [-0.3, -0.25) is 4.57 Å². The number of hydrogen-bond acceptors (Lipinski definition) is 8. The van der Waals surface area contributed by atoms with Crippen LogP contribution in [0.5, 0.6) is 23.3 Å². The van der Waals surface area contributed by atoms with Gasteiger partial charge in [-0.25, -0.2) is 9.78 Å². The summed E-state index contributed by atoms with van der Waals surface area (Å²) < 4.78 is 55.2. The van der Waals surface area contributed by atoms with Crippen molar-refractivity contribution in [1.82, 2.24) is 14.5 Å². The van der Waals surface area contributed by atoms with Gasteiger partial charge in [-0.1, -0.05) is 4.89 Å². The average molecular weight is 463 g/mol. The van der Waals surface area contributed by atoms with Gasteiger partial charge in [0.15, 0.2) is 17.6 Å². The summed E-state index contributed by atoms with van der Waals surface area (Å²) >= 11 is 0. The van der Waals surface area contributed by atoms with Gasteiger partial charge in [-0.05, 0) is 42.3 Å². The molecule has 12 heteroatoms. The molecule has 1 unspecified atom stereocenters. The van der Waals surface area contributed by atoms with Crippen LogP contribution in [0.4, 0.5) is 13.2 Å². The van der Waals surface area contributed by atoms with E-state index in [2.05, 4.69) is 19.7 Å². The summed E-state index contributed by atoms with van der Waals surface area (Å²) in [6.45, 7) is 0.611. The molecule has 0 fully saturated rings. The fraction of sp³-hybridized carbons (Fsp3) is 0.286. The first kappa shape index (κ1) is 21.1. The van der Waals surface area contributed by atoms with E-state index in [1.165, 1.54) is 16.7 Å². The fourth-order valence-electron chi connectivity index (χ4n) is 3.62. The van der Waals surface area contributed by atoms with Gasteiger partial charge in [-0.2, -0.15) is 4.98 Å². The summed E-state index contributed by atoms with van der Waals surface area (Å²) in [6, 6.07) is 9.37. The van der Waals surface area contributed by atoms with Crippen molar-refractivity contribution in [1.29, 1.82) is 0 Å². The highest BCUT2D eigenvalue weighted by atomic mass is 19.4. The molecule has 33 heavy (non-hydrogen) atoms. The van der Waals surface area contributed by atoms with Crippen LogP contribution in [0, 0.1) is 0 Å². The molecule has 172 valence electrons. The lowest BCUT2D eigenvalue weighted by atomic mass is 9.97. The summed E-state index contributed by atoms with van der Waals surface area (Å²) in [5.41, 5.74) is 1.39. The van der Waals surface area contributed by atoms with Gasteiger partial charge in [0.2, 0.25) is 5.88 Å². The Morgan fingerprint density at radius 3 is 2.94 bits per heavy atom. The Hall–Kier alpha value is -3.80. The first-order valence-electron chi connectivity index (χ1n) is 9.90. The van der Waals surface area contributed by atoms with E-state index in [1.807, 2.05) is 0 Å². The number of aromatic nitrogens is 3. The van der Waals surface area contributed by atoms with Crippen LogP contribution in [0.1, 0.15) is 5.56 Å². The zero-order chi connectivity index (χ0) is 23.0. The Labute approximate surface area is 184 Å². The second-order valence-electron chi connectivity index (χ2n) is 7.26. The molecule has 1 aromatic carbocycles. The molecule has 2 aliphatic heterocycles. The van der Waals surface area contributed by atoms with Crippen molar-refractivity contribution >= 4 is 0 Å². The predicted molar refractivity (Wildman–Crippen MR) is 105 cm³/mol. The highest BCUT2D eigenvalue weighted by molar-refractivity contribution is 5.67. The number of halogens is 3. The smallest absolute Gasteiger partial charge is 0.478 e. The first-order chi connectivity index (χ1) is 15.9. The third-order valence-electron chi connectivity index (χ3n) is 5.03. The number of alkyl halides is 3. The summed E-state index contributed by atoms with van der Waals surface area (Å²) in [7, 11) is 0. The Kier molecular flexibility index (Phi) is 5.29. The standard InChI is InChI=1S/C21H16F3N3O6/c22-21(23,24)33-32-13-3-4-15-12(8-13)5-7-27-16(15)9-18(26-20(27)28)29-10-14-11-30-19-17(31-14)2-1-6-25-19/h1-4,6,8-9,14H,5,7,10-11H2. The number of benzene rings is 1. The summed E-state index contributed by atoms with van der Waals surface area (Å²) in [6.07, 6.45) is -3.34. The first-order valence-corrected chi connectivity index (χ1v) is 9.90. The summed E-state index contributed by atoms with van der Waals surface area (Å²) in [5.74, 6) is 0.897. The monoisotopic (exact) mass is 463 g/mol. The van der Waals surface area contributed by atoms with E-state index in [9.17, 15) is 18.0 Å². The molecule has 0 spiro atoms. The second kappa shape index (κ2) is 8.28. The zero-order valence-corrected chi connectivity index (χ0v) is 16.9. The molecule has 1 atom stereocenters. The number of pyridine rings is 1. The molecule has 2 aromatic heterocycles. The zero-order valence-electron chi connectivity index (χ0n) is 16.9. The average Bonchev–Trinajstić information content (AvgIpc) is 2.80. The van der Waals surface area contributed by atoms with E-state index in [1.54, 1.807) is 30.5 Å². The van der Waals surface area contributed by atoms with E-state index in [0.29, 0.717) is 41.4 Å². The van der Waals surface area contributed by atoms with Gasteiger partial charge in [-0.15, -0.1) is 13.2 Å². The van der Waals surface area contributed by atoms with E-state index in [4.69, 9.17) is 14.2 Å². The highest BCUT2D eigenvalue weighted by Gasteiger charge is 2.32. The largest absolute Gasteiger partial charge is 0.558 e. The maximum absolute atomic E-state index is 12.5. The van der Waals surface area contributed by atoms with E-state index >= 15 is 0 Å². The van der Waals surface area contributed by atoms with Gasteiger partial charge in [0.1, 0.15) is 13.2 Å². The van der Waals surface area contributed by atoms with Crippen LogP contribution in [0.2, 0.25) is 0 Å². The van der Waals surface area contributed by atoms with Crippen molar-refractivity contribution in [3.05, 3.63) is 58.6 Å². The topological polar surface area (TPSA) is 93.9 Å². The van der Waals surface area contributed by atoms with Gasteiger partial charge < -0.3 is 19.1 Å². The summed E-state index contributed by atoms with van der Waals surface area (Å²) in [4.78, 5) is 28.3. The molecule has 0 aliphatic carbocycles. The number of ether oxygens (including phenoxy) is 3. The number of hydrogen-bond donors (Lipinski definition) is 0. The van der Waals surface area contributed by atoms with Crippen LogP contribution in [0.25, 0.3) is 11.3 Å². The van der Waals surface area contributed by atoms with Gasteiger partial charge in [0.05, 0.1) is 5.69 Å². The van der Waals surface area contributed by atoms with Crippen LogP contribution >= 0.6 is 0 Å². The number of nitrogens with zero attached hydrogens (tertiary/aromatic N) is 3. The lowest BCUT2D eigenvalue weighted by molar-refractivity contribution is -0.444. The van der Waals surface area contributed by atoms with Crippen molar-refractivity contribution in [2.24, 2.45) is 0 Å². The van der Waals surface area contributed by atoms with E-state index < -0.39 is 18.2 Å². The molecule has 0 saturated carbocycles. The van der Waals surface area contributed by atoms with E-state index in [0.717, 1.165) is 0 Å². The SMILES string of the molecule is O=c1nc(OCC2COc3ncccc3O2)cc2n1CCc1cc(OOC(F)(F)F)ccc1-2. The number of rotatable bonds is 5. The molecule has 2 aliphatic rings. The molecular formula is C21H16F3N3O6. The molecule has 0 bridgehead atoms. The van der Waals surface area contributed by atoms with Crippen LogP contribution in [0.15, 0.2) is 47.4 Å². The quantitative estimate of drug-likeness (QED) is 0.421. The maximum Gasteiger partial charge on any atom is 0.558 e. The maximum atomic E-state index is 12.5. The van der Waals surface area contributed by atoms with Crippen LogP contribution < -0.4 is 24.8 Å². The number of fused-ring (bicyclic) bond motifs is 4. The lowest BCUT2D eigenvalue weighted by Crippen LogP contribution is -2.35. The highest BCUT2D eigenvalue weighted by Crippen LogP contribution is 2.33. The van der Waals surface area contributed by atoms with Crippen molar-refractivity contribution < 1.29 is 37.2 Å². The van der Waals surface area contributed by atoms with Gasteiger partial charge in [0.25, 0.3) is 5.88 Å². The van der Waals surface area contributed by atoms with Crippen LogP contribution in [0.3, 0.4) is 0 Å². The summed E-state index contributed by atoms with van der Waals surface area (Å²) in [5, 5.41) is 0. The molecule has 9 nitrogen and oxygen atoms in total. The molecule has 0 saturated heterocycles. The Morgan fingerprint density at radius 2 is 2.09 bits per heavy atom. The van der Waals surface area contributed by atoms with Crippen molar-refractivity contribution in [2.45, 2.75) is 25.4 Å². The minimum atomic E-state index is -4.92. The lowest BCUT2D eigenvalue weighted by Gasteiger charge is -2.25. The van der Waals surface area contributed by atoms with Crippen molar-refractivity contribution in [2.75, 3.05) is 13.2 Å². The van der Waals surface area contributed by atoms with Crippen molar-refractivity contribution in [3.8, 4) is 34.5 Å². The molecule has 4 heterocycles. The molecule has 3 aromatic rings. The second-order valence-corrected chi connectivity index (χ2v) is 7.26. The Morgan fingerprint density at radius 1 is 1.21 bits per heavy atom. The Balaban J connectivity index is 1.33. The minimum absolute atomic E-state index is 0.0820. The van der Waals surface area contributed by atoms with Gasteiger partial charge >= 0.3 is 12.1 Å². The molecule has 0 N–H and O–H groups in total. The molecule has 0 amide bonds. The molecular weight excluding hydrogens is 447 g/mol. The fourth-order valence-corrected chi connectivity index (χ4v) is 3.62. The number of aryl methyl sites for hydroxylation is 1. The van der Waals surface area contributed by atoms with Gasteiger partial charge in [0, 0.05) is 24.4 Å². The predicted octanol–water partition coefficient (Wildman–Crippen LogP) is 2.91.